The summed E-state index contributed by atoms with van der Waals surface area (Å²) in [6.45, 7) is 2.38. The van der Waals surface area contributed by atoms with E-state index >= 15 is 0 Å². The Morgan fingerprint density at radius 3 is 1.79 bits per heavy atom. The molecule has 0 fully saturated rings. The third kappa shape index (κ3) is 3.36. The van der Waals surface area contributed by atoms with Crippen molar-refractivity contribution < 1.29 is 47.7 Å². The molecule has 0 atom stereocenters. The Labute approximate surface area is 133 Å². The normalized spacial score (nSPS) is 14.0. The fourth-order valence-corrected chi connectivity index (χ4v) is 4.53. The third-order valence-corrected chi connectivity index (χ3v) is 6.34. The fraction of sp³-hybridized carbons (Fsp3) is 0.545. The van der Waals surface area contributed by atoms with Gasteiger partial charge < -0.3 is 0 Å². The van der Waals surface area contributed by atoms with Crippen molar-refractivity contribution in [2.75, 3.05) is 0 Å². The molecule has 0 aliphatic carbocycles. The molecule has 0 aliphatic rings. The Morgan fingerprint density at radius 2 is 1.42 bits per heavy atom. The first-order chi connectivity index (χ1) is 10.6. The van der Waals surface area contributed by atoms with Crippen molar-refractivity contribution in [1.29, 1.82) is 0 Å². The van der Waals surface area contributed by atoms with E-state index in [1.165, 1.54) is 0 Å². The molecular formula is C11H12F6NO4S2+. The molecular weight excluding hydrogens is 388 g/mol. The van der Waals surface area contributed by atoms with Crippen LogP contribution in [-0.4, -0.2) is 27.9 Å². The van der Waals surface area contributed by atoms with Crippen molar-refractivity contribution in [2.24, 2.45) is 0 Å². The molecule has 0 bridgehead atoms. The zero-order valence-corrected chi connectivity index (χ0v) is 13.9. The van der Waals surface area contributed by atoms with Crippen molar-refractivity contribution in [2.45, 2.75) is 47.6 Å². The van der Waals surface area contributed by atoms with Gasteiger partial charge in [0.15, 0.2) is 16.8 Å². The van der Waals surface area contributed by atoms with Gasteiger partial charge in [0.25, 0.3) is 19.7 Å². The molecule has 0 aliphatic heterocycles. The van der Waals surface area contributed by atoms with E-state index in [4.69, 9.17) is 0 Å². The summed E-state index contributed by atoms with van der Waals surface area (Å²) in [4.78, 5) is -3.86. The van der Waals surface area contributed by atoms with Gasteiger partial charge in [-0.2, -0.15) is 26.3 Å². The van der Waals surface area contributed by atoms with Crippen LogP contribution in [0.15, 0.2) is 22.1 Å². The molecule has 1 rings (SSSR count). The minimum Gasteiger partial charge on any atom is -0.214 e. The molecule has 0 saturated carbocycles. The van der Waals surface area contributed by atoms with Crippen LogP contribution >= 0.6 is 0 Å². The summed E-state index contributed by atoms with van der Waals surface area (Å²) in [6.07, 6.45) is 1.12. The first kappa shape index (κ1) is 20.7. The molecule has 0 aromatic carbocycles. The first-order valence-electron chi connectivity index (χ1n) is 6.24. The number of aromatic nitrogens is 1. The average Bonchev–Trinajstić information content (AvgIpc) is 2.37. The maximum atomic E-state index is 12.8. The Kier molecular flexibility index (Phi) is 5.31. The first-order valence-corrected chi connectivity index (χ1v) is 9.21. The zero-order chi connectivity index (χ0) is 19.1. The van der Waals surface area contributed by atoms with E-state index in [0.29, 0.717) is 6.42 Å². The van der Waals surface area contributed by atoms with E-state index in [0.717, 1.165) is 17.7 Å². The van der Waals surface area contributed by atoms with Gasteiger partial charge >= 0.3 is 11.0 Å². The number of rotatable bonds is 4. The number of alkyl halides is 6. The van der Waals surface area contributed by atoms with Crippen LogP contribution in [0.3, 0.4) is 0 Å². The highest BCUT2D eigenvalue weighted by molar-refractivity contribution is 7.95. The van der Waals surface area contributed by atoms with Crippen LogP contribution in [0.25, 0.3) is 0 Å². The Bertz CT molecular complexity index is 840. The summed E-state index contributed by atoms with van der Waals surface area (Å²) in [6, 6.07) is 0.212. The van der Waals surface area contributed by atoms with E-state index in [1.807, 2.05) is 0 Å². The van der Waals surface area contributed by atoms with Crippen molar-refractivity contribution >= 4 is 19.7 Å². The van der Waals surface area contributed by atoms with Gasteiger partial charge in [0, 0.05) is 19.4 Å². The van der Waals surface area contributed by atoms with Crippen molar-refractivity contribution in [3.05, 3.63) is 18.0 Å². The highest BCUT2D eigenvalue weighted by Crippen LogP contribution is 2.39. The average molecular weight is 400 g/mol. The van der Waals surface area contributed by atoms with Crippen LogP contribution in [0.4, 0.5) is 26.3 Å². The van der Waals surface area contributed by atoms with Gasteiger partial charge in [-0.25, -0.2) is 21.4 Å². The summed E-state index contributed by atoms with van der Waals surface area (Å²) in [5.74, 6) is 0. The van der Waals surface area contributed by atoms with Gasteiger partial charge in [-0.15, -0.1) is 0 Å². The van der Waals surface area contributed by atoms with E-state index in [1.54, 1.807) is 6.92 Å². The van der Waals surface area contributed by atoms with Gasteiger partial charge in [0.1, 0.15) is 11.4 Å². The number of halogens is 6. The number of pyridine rings is 1. The van der Waals surface area contributed by atoms with Crippen LogP contribution < -0.4 is 4.57 Å². The maximum absolute atomic E-state index is 12.8. The monoisotopic (exact) mass is 400 g/mol. The molecule has 1 aromatic heterocycles. The highest BCUT2D eigenvalue weighted by atomic mass is 32.2. The number of nitrogens with zero attached hydrogens (tertiary/aromatic N) is 1. The predicted octanol–water partition coefficient (Wildman–Crippen LogP) is 2.28. The second-order valence-corrected chi connectivity index (χ2v) is 8.47. The maximum Gasteiger partial charge on any atom is 0.502 e. The van der Waals surface area contributed by atoms with E-state index in [-0.39, 0.29) is 12.6 Å². The minimum absolute atomic E-state index is 0.0153. The number of hydrogen-bond donors (Lipinski definition) is 0. The fourth-order valence-electron chi connectivity index (χ4n) is 1.92. The SMILES string of the molecule is CCC[n+]1ccc(S(=O)(=O)C(F)(F)F)c(S(=O)(=O)C(F)(F)F)c1C. The lowest BCUT2D eigenvalue weighted by atomic mass is 10.3. The van der Waals surface area contributed by atoms with Gasteiger partial charge in [-0.3, -0.25) is 0 Å². The van der Waals surface area contributed by atoms with Crippen molar-refractivity contribution in [3.8, 4) is 0 Å². The van der Waals surface area contributed by atoms with E-state index < -0.39 is 46.2 Å². The summed E-state index contributed by atoms with van der Waals surface area (Å²) in [5, 5.41) is 0. The van der Waals surface area contributed by atoms with Gasteiger partial charge in [0.05, 0.1) is 0 Å². The summed E-state index contributed by atoms with van der Waals surface area (Å²) >= 11 is 0. The molecule has 1 aromatic rings. The molecule has 138 valence electrons. The molecule has 0 radical (unpaired) electrons. The standard InChI is InChI=1S/C11H12F6NO4S2/c1-3-5-18-6-4-8(23(19,20)10(12,13)14)9(7(18)2)24(21,22)11(15,16)17/h4,6H,3,5H2,1-2H3/q+1. The largest absolute Gasteiger partial charge is 0.502 e. The van der Waals surface area contributed by atoms with Crippen molar-refractivity contribution in [3.63, 3.8) is 0 Å². The van der Waals surface area contributed by atoms with Crippen LogP contribution in [-0.2, 0) is 26.2 Å². The molecule has 0 saturated heterocycles. The summed E-state index contributed by atoms with van der Waals surface area (Å²) in [5.41, 5.74) is -12.7. The van der Waals surface area contributed by atoms with Crippen LogP contribution in [0.5, 0.6) is 0 Å². The zero-order valence-electron chi connectivity index (χ0n) is 12.2. The minimum atomic E-state index is -6.32. The Balaban J connectivity index is 4.00. The quantitative estimate of drug-likeness (QED) is 0.574. The lowest BCUT2D eigenvalue weighted by Gasteiger charge is -2.15. The molecule has 5 nitrogen and oxygen atoms in total. The van der Waals surface area contributed by atoms with Crippen LogP contribution in [0, 0.1) is 6.92 Å². The molecule has 24 heavy (non-hydrogen) atoms. The smallest absolute Gasteiger partial charge is 0.214 e. The second-order valence-electron chi connectivity index (χ2n) is 4.69. The third-order valence-electron chi connectivity index (χ3n) is 3.02. The Morgan fingerprint density at radius 1 is 0.958 bits per heavy atom. The predicted molar refractivity (Wildman–Crippen MR) is 68.1 cm³/mol. The van der Waals surface area contributed by atoms with E-state index in [2.05, 4.69) is 0 Å². The highest BCUT2D eigenvalue weighted by Gasteiger charge is 2.56. The topological polar surface area (TPSA) is 72.2 Å². The van der Waals surface area contributed by atoms with Crippen LogP contribution in [0.2, 0.25) is 0 Å². The molecule has 0 spiro atoms. The van der Waals surface area contributed by atoms with Gasteiger partial charge in [-0.1, -0.05) is 6.92 Å². The number of sulfone groups is 2. The van der Waals surface area contributed by atoms with Crippen LogP contribution in [0.1, 0.15) is 19.0 Å². The molecule has 0 N–H and O–H groups in total. The lowest BCUT2D eigenvalue weighted by molar-refractivity contribution is -0.705. The Hall–Kier alpha value is -1.37. The molecule has 1 heterocycles. The van der Waals surface area contributed by atoms with Gasteiger partial charge in [0.2, 0.25) is 0 Å². The molecule has 13 heteroatoms. The second kappa shape index (κ2) is 6.17. The summed E-state index contributed by atoms with van der Waals surface area (Å²) in [7, 11) is -12.6. The number of aryl methyl sites for hydroxylation is 1. The number of hydrogen-bond acceptors (Lipinski definition) is 4. The van der Waals surface area contributed by atoms with E-state index in [9.17, 15) is 43.2 Å². The van der Waals surface area contributed by atoms with Crippen molar-refractivity contribution in [1.82, 2.24) is 0 Å². The van der Waals surface area contributed by atoms with Gasteiger partial charge in [-0.05, 0) is 0 Å². The summed E-state index contributed by atoms with van der Waals surface area (Å²) < 4.78 is 124. The molecule has 0 amide bonds. The molecule has 0 unspecified atom stereocenters. The lowest BCUT2D eigenvalue weighted by Crippen LogP contribution is -2.41.